The Bertz CT molecular complexity index is 446. The summed E-state index contributed by atoms with van der Waals surface area (Å²) in [5.41, 5.74) is 2.75. The summed E-state index contributed by atoms with van der Waals surface area (Å²) in [5, 5.41) is 5.43. The van der Waals surface area contributed by atoms with E-state index in [1.165, 1.54) is 16.0 Å². The number of hydrogen-bond acceptors (Lipinski definition) is 3. The number of nitrogens with zero attached hydrogens (tertiary/aromatic N) is 1. The lowest BCUT2D eigenvalue weighted by molar-refractivity contribution is 0.787. The average Bonchev–Trinajstić information content (AvgIpc) is 2.60. The molecule has 0 fully saturated rings. The lowest BCUT2D eigenvalue weighted by atomic mass is 10.1. The minimum atomic E-state index is 0. The maximum Gasteiger partial charge on any atom is 0.106 e. The zero-order valence-electron chi connectivity index (χ0n) is 10.7. The van der Waals surface area contributed by atoms with Crippen molar-refractivity contribution >= 4 is 29.6 Å². The number of hydrogen-bond donors (Lipinski definition) is 1. The molecule has 1 aliphatic heterocycles. The van der Waals surface area contributed by atoms with E-state index in [2.05, 4.69) is 44.5 Å². The Labute approximate surface area is 113 Å². The number of amidine groups is 1. The molecule has 4 heteroatoms. The summed E-state index contributed by atoms with van der Waals surface area (Å²) in [6.07, 6.45) is 4.14. The van der Waals surface area contributed by atoms with Gasteiger partial charge in [0.2, 0.25) is 0 Å². The van der Waals surface area contributed by atoms with Gasteiger partial charge in [0.1, 0.15) is 11.9 Å². The number of nitrogens with one attached hydrogen (secondary N) is 1. The number of aryl methyl sites for hydroxylation is 1. The summed E-state index contributed by atoms with van der Waals surface area (Å²) in [6, 6.07) is 0.206. The molecule has 0 aromatic carbocycles. The molecule has 17 heavy (non-hydrogen) atoms. The quantitative estimate of drug-likeness (QED) is 0.863. The summed E-state index contributed by atoms with van der Waals surface area (Å²) in [6.45, 7) is 8.66. The first-order valence-electron chi connectivity index (χ1n) is 5.65. The number of rotatable bonds is 2. The van der Waals surface area contributed by atoms with E-state index in [4.69, 9.17) is 4.99 Å². The molecule has 94 valence electrons. The molecule has 0 saturated carbocycles. The fraction of sp³-hybridized carbons (Fsp3) is 0.462. The van der Waals surface area contributed by atoms with Crippen LogP contribution in [0.5, 0.6) is 0 Å². The van der Waals surface area contributed by atoms with E-state index in [-0.39, 0.29) is 18.4 Å². The van der Waals surface area contributed by atoms with Gasteiger partial charge in [-0.3, -0.25) is 4.99 Å². The van der Waals surface area contributed by atoms with Crippen molar-refractivity contribution in [3.63, 3.8) is 0 Å². The molecule has 2 heterocycles. The van der Waals surface area contributed by atoms with Crippen LogP contribution in [0, 0.1) is 19.8 Å². The fourth-order valence-electron chi connectivity index (χ4n) is 1.73. The fourth-order valence-corrected chi connectivity index (χ4v) is 2.82. The molecule has 2 nitrogen and oxygen atoms in total. The molecule has 1 unspecified atom stereocenters. The van der Waals surface area contributed by atoms with E-state index in [9.17, 15) is 0 Å². The van der Waals surface area contributed by atoms with Crippen LogP contribution in [0.2, 0.25) is 0 Å². The summed E-state index contributed by atoms with van der Waals surface area (Å²) in [7, 11) is 0. The Morgan fingerprint density at radius 1 is 1.35 bits per heavy atom. The topological polar surface area (TPSA) is 24.4 Å². The van der Waals surface area contributed by atoms with Crippen LogP contribution in [0.15, 0.2) is 22.6 Å². The molecule has 1 N–H and O–H groups in total. The molecular weight excluding hydrogens is 252 g/mol. The monoisotopic (exact) mass is 270 g/mol. The minimum Gasteiger partial charge on any atom is -0.350 e. The van der Waals surface area contributed by atoms with Gasteiger partial charge in [-0.25, -0.2) is 0 Å². The average molecular weight is 271 g/mol. The summed E-state index contributed by atoms with van der Waals surface area (Å²) < 4.78 is 0. The third-order valence-electron chi connectivity index (χ3n) is 2.93. The van der Waals surface area contributed by atoms with Gasteiger partial charge >= 0.3 is 0 Å². The van der Waals surface area contributed by atoms with Crippen LogP contribution in [-0.4, -0.2) is 5.84 Å². The third kappa shape index (κ3) is 2.90. The predicted molar refractivity (Wildman–Crippen MR) is 78.3 cm³/mol. The Balaban J connectivity index is 0.00000144. The molecule has 2 rings (SSSR count). The van der Waals surface area contributed by atoms with E-state index in [1.807, 2.05) is 17.5 Å². The van der Waals surface area contributed by atoms with Crippen molar-refractivity contribution in [2.24, 2.45) is 10.9 Å². The van der Waals surface area contributed by atoms with E-state index in [1.54, 1.807) is 0 Å². The van der Waals surface area contributed by atoms with Gasteiger partial charge in [0.15, 0.2) is 0 Å². The first-order valence-corrected chi connectivity index (χ1v) is 6.53. The number of halogens is 1. The van der Waals surface area contributed by atoms with Crippen molar-refractivity contribution in [2.45, 2.75) is 33.7 Å². The third-order valence-corrected chi connectivity index (χ3v) is 4.20. The van der Waals surface area contributed by atoms with E-state index in [0.717, 1.165) is 5.84 Å². The molecule has 1 aromatic heterocycles. The predicted octanol–water partition coefficient (Wildman–Crippen LogP) is 4.00. The molecule has 0 bridgehead atoms. The molecule has 1 atom stereocenters. The van der Waals surface area contributed by atoms with Crippen molar-refractivity contribution in [1.82, 2.24) is 5.32 Å². The standard InChI is InChI=1S/C13H18N2S.ClH/c1-8(2)13-14-6-5-11(15-13)12-10(4)9(3)7-16-12;/h5-8,11H,1-4H3,(H,14,15);1H. The molecule has 0 spiro atoms. The van der Waals surface area contributed by atoms with Crippen molar-refractivity contribution in [3.8, 4) is 0 Å². The van der Waals surface area contributed by atoms with Crippen molar-refractivity contribution in [3.05, 3.63) is 33.7 Å². The second kappa shape index (κ2) is 5.69. The molecule has 0 radical (unpaired) electrons. The van der Waals surface area contributed by atoms with E-state index >= 15 is 0 Å². The summed E-state index contributed by atoms with van der Waals surface area (Å²) in [5.74, 6) is 1.53. The van der Waals surface area contributed by atoms with Crippen LogP contribution >= 0.6 is 23.7 Å². The Morgan fingerprint density at radius 3 is 2.59 bits per heavy atom. The van der Waals surface area contributed by atoms with Gasteiger partial charge < -0.3 is 5.32 Å². The lowest BCUT2D eigenvalue weighted by Crippen LogP contribution is -2.26. The molecule has 1 aromatic rings. The second-order valence-corrected chi connectivity index (χ2v) is 5.44. The van der Waals surface area contributed by atoms with Gasteiger partial charge in [0, 0.05) is 17.0 Å². The zero-order chi connectivity index (χ0) is 11.7. The highest BCUT2D eigenvalue weighted by molar-refractivity contribution is 7.10. The van der Waals surface area contributed by atoms with Gasteiger partial charge in [0.05, 0.1) is 0 Å². The molecule has 1 aliphatic rings. The minimum absolute atomic E-state index is 0. The van der Waals surface area contributed by atoms with Gasteiger partial charge in [-0.2, -0.15) is 0 Å². The van der Waals surface area contributed by atoms with Gasteiger partial charge in [0.25, 0.3) is 0 Å². The van der Waals surface area contributed by atoms with Crippen molar-refractivity contribution in [2.75, 3.05) is 0 Å². The van der Waals surface area contributed by atoms with Crippen LogP contribution in [-0.2, 0) is 0 Å². The smallest absolute Gasteiger partial charge is 0.106 e. The molecule has 0 saturated heterocycles. The van der Waals surface area contributed by atoms with Crippen LogP contribution in [0.1, 0.15) is 35.9 Å². The van der Waals surface area contributed by atoms with Crippen LogP contribution in [0.3, 0.4) is 0 Å². The van der Waals surface area contributed by atoms with Gasteiger partial charge in [-0.1, -0.05) is 13.8 Å². The van der Waals surface area contributed by atoms with Crippen molar-refractivity contribution < 1.29 is 0 Å². The zero-order valence-corrected chi connectivity index (χ0v) is 12.3. The van der Waals surface area contributed by atoms with Crippen molar-refractivity contribution in [1.29, 1.82) is 0 Å². The first-order chi connectivity index (χ1) is 7.59. The normalized spacial score (nSPS) is 18.6. The Kier molecular flexibility index (Phi) is 4.78. The molecular formula is C13H19ClN2S. The second-order valence-electron chi connectivity index (χ2n) is 4.53. The maximum absolute atomic E-state index is 4.75. The molecule has 0 aliphatic carbocycles. The van der Waals surface area contributed by atoms with Gasteiger partial charge in [-0.15, -0.1) is 23.7 Å². The van der Waals surface area contributed by atoms with Crippen LogP contribution in [0.25, 0.3) is 0 Å². The number of aliphatic imine (C=N–C) groups is 1. The highest BCUT2D eigenvalue weighted by atomic mass is 35.5. The number of thiophene rings is 1. The Morgan fingerprint density at radius 2 is 2.06 bits per heavy atom. The SMILES string of the molecule is Cc1csc(C2C=CNC(C(C)C)=N2)c1C.Cl. The first kappa shape index (κ1) is 14.3. The van der Waals surface area contributed by atoms with Crippen LogP contribution < -0.4 is 5.32 Å². The van der Waals surface area contributed by atoms with Gasteiger partial charge in [-0.05, 0) is 36.4 Å². The van der Waals surface area contributed by atoms with E-state index in [0.29, 0.717) is 5.92 Å². The highest BCUT2D eigenvalue weighted by Gasteiger charge is 2.17. The Hall–Kier alpha value is -0.800. The summed E-state index contributed by atoms with van der Waals surface area (Å²) in [4.78, 5) is 6.12. The largest absolute Gasteiger partial charge is 0.350 e. The van der Waals surface area contributed by atoms with Crippen LogP contribution in [0.4, 0.5) is 0 Å². The van der Waals surface area contributed by atoms with E-state index < -0.39 is 0 Å². The highest BCUT2D eigenvalue weighted by Crippen LogP contribution is 2.31. The maximum atomic E-state index is 4.75. The molecule has 0 amide bonds. The summed E-state index contributed by atoms with van der Waals surface area (Å²) >= 11 is 1.81. The lowest BCUT2D eigenvalue weighted by Gasteiger charge is -2.19.